The minimum absolute atomic E-state index is 0.0663. The van der Waals surface area contributed by atoms with Crippen LogP contribution in [0.15, 0.2) is 77.8 Å². The lowest BCUT2D eigenvalue weighted by Gasteiger charge is -2.10. The highest BCUT2D eigenvalue weighted by Crippen LogP contribution is 2.17. The number of anilines is 1. The Kier molecular flexibility index (Phi) is 5.09. The quantitative estimate of drug-likeness (QED) is 0.708. The SMILES string of the molecule is CC(=O)NS(=O)(=O)c1ccc(NC(=O)c2cccn2-c2ccccc2)cc1. The molecule has 0 aliphatic carbocycles. The summed E-state index contributed by atoms with van der Waals surface area (Å²) in [6, 6.07) is 18.4. The average Bonchev–Trinajstić information content (AvgIpc) is 3.12. The summed E-state index contributed by atoms with van der Waals surface area (Å²) in [6.45, 7) is 1.12. The molecular weight excluding hydrogens is 366 g/mol. The van der Waals surface area contributed by atoms with E-state index in [0.29, 0.717) is 11.4 Å². The molecular formula is C19H17N3O4S. The molecule has 8 heteroatoms. The summed E-state index contributed by atoms with van der Waals surface area (Å²) < 4.78 is 27.5. The number of hydrogen-bond acceptors (Lipinski definition) is 4. The molecule has 1 aromatic heterocycles. The minimum atomic E-state index is -3.91. The normalized spacial score (nSPS) is 11.0. The Hall–Kier alpha value is -3.39. The summed E-state index contributed by atoms with van der Waals surface area (Å²) in [5.41, 5.74) is 1.73. The van der Waals surface area contributed by atoms with Crippen molar-refractivity contribution < 1.29 is 18.0 Å². The van der Waals surface area contributed by atoms with Crippen LogP contribution in [0.25, 0.3) is 5.69 Å². The third kappa shape index (κ3) is 4.24. The van der Waals surface area contributed by atoms with Crippen LogP contribution in [-0.2, 0) is 14.8 Å². The second kappa shape index (κ2) is 7.46. The lowest BCUT2D eigenvalue weighted by atomic mass is 10.3. The summed E-state index contributed by atoms with van der Waals surface area (Å²) >= 11 is 0. The Morgan fingerprint density at radius 1 is 0.889 bits per heavy atom. The van der Waals surface area contributed by atoms with Crippen LogP contribution in [0.4, 0.5) is 5.69 Å². The zero-order valence-electron chi connectivity index (χ0n) is 14.4. The fourth-order valence-corrected chi connectivity index (χ4v) is 3.53. The monoisotopic (exact) mass is 383 g/mol. The van der Waals surface area contributed by atoms with Crippen LogP contribution < -0.4 is 10.0 Å². The van der Waals surface area contributed by atoms with E-state index >= 15 is 0 Å². The van der Waals surface area contributed by atoms with E-state index in [2.05, 4.69) is 5.32 Å². The second-order valence-corrected chi connectivity index (χ2v) is 7.42. The molecule has 0 radical (unpaired) electrons. The van der Waals surface area contributed by atoms with Gasteiger partial charge in [-0.2, -0.15) is 0 Å². The van der Waals surface area contributed by atoms with Crippen molar-refractivity contribution in [2.24, 2.45) is 0 Å². The molecule has 138 valence electrons. The fourth-order valence-electron chi connectivity index (χ4n) is 2.54. The molecule has 0 saturated carbocycles. The number of sulfonamides is 1. The smallest absolute Gasteiger partial charge is 0.272 e. The molecule has 0 aliphatic rings. The lowest BCUT2D eigenvalue weighted by molar-refractivity contribution is -0.117. The van der Waals surface area contributed by atoms with Gasteiger partial charge in [0.25, 0.3) is 15.9 Å². The number of carbonyl (C=O) groups excluding carboxylic acids is 2. The third-order valence-corrected chi connectivity index (χ3v) is 5.17. The van der Waals surface area contributed by atoms with E-state index in [-0.39, 0.29) is 10.8 Å². The van der Waals surface area contributed by atoms with E-state index in [1.807, 2.05) is 35.1 Å². The maximum atomic E-state index is 12.6. The predicted molar refractivity (Wildman–Crippen MR) is 101 cm³/mol. The topological polar surface area (TPSA) is 97.3 Å². The van der Waals surface area contributed by atoms with Crippen LogP contribution in [0, 0.1) is 0 Å². The van der Waals surface area contributed by atoms with Gasteiger partial charge in [-0.1, -0.05) is 18.2 Å². The van der Waals surface area contributed by atoms with Crippen molar-refractivity contribution in [3.05, 3.63) is 78.6 Å². The van der Waals surface area contributed by atoms with Gasteiger partial charge in [0, 0.05) is 24.5 Å². The number of carbonyl (C=O) groups is 2. The number of nitrogens with one attached hydrogen (secondary N) is 2. The van der Waals surface area contributed by atoms with Crippen molar-refractivity contribution in [3.8, 4) is 5.69 Å². The molecule has 2 amide bonds. The third-order valence-electron chi connectivity index (χ3n) is 3.72. The Morgan fingerprint density at radius 2 is 1.56 bits per heavy atom. The van der Waals surface area contributed by atoms with E-state index in [9.17, 15) is 18.0 Å². The van der Waals surface area contributed by atoms with Gasteiger partial charge in [0.2, 0.25) is 5.91 Å². The number of para-hydroxylation sites is 1. The molecule has 2 N–H and O–H groups in total. The zero-order valence-corrected chi connectivity index (χ0v) is 15.2. The van der Waals surface area contributed by atoms with Gasteiger partial charge in [-0.3, -0.25) is 9.59 Å². The largest absolute Gasteiger partial charge is 0.321 e. The summed E-state index contributed by atoms with van der Waals surface area (Å²) in [5.74, 6) is -1.00. The molecule has 3 rings (SSSR count). The Balaban J connectivity index is 1.78. The van der Waals surface area contributed by atoms with Gasteiger partial charge >= 0.3 is 0 Å². The number of rotatable bonds is 5. The van der Waals surface area contributed by atoms with Gasteiger partial charge in [0.15, 0.2) is 0 Å². The van der Waals surface area contributed by atoms with Crippen LogP contribution in [0.5, 0.6) is 0 Å². The maximum absolute atomic E-state index is 12.6. The Bertz CT molecular complexity index is 1070. The Morgan fingerprint density at radius 3 is 2.19 bits per heavy atom. The average molecular weight is 383 g/mol. The van der Waals surface area contributed by atoms with Gasteiger partial charge < -0.3 is 9.88 Å². The summed E-state index contributed by atoms with van der Waals surface area (Å²) in [6.07, 6.45) is 1.79. The highest BCUT2D eigenvalue weighted by Gasteiger charge is 2.16. The van der Waals surface area contributed by atoms with Crippen LogP contribution in [0.2, 0.25) is 0 Å². The first-order valence-electron chi connectivity index (χ1n) is 8.04. The van der Waals surface area contributed by atoms with Crippen LogP contribution >= 0.6 is 0 Å². The molecule has 1 heterocycles. The van der Waals surface area contributed by atoms with Crippen molar-refractivity contribution in [2.45, 2.75) is 11.8 Å². The highest BCUT2D eigenvalue weighted by molar-refractivity contribution is 7.90. The second-order valence-electron chi connectivity index (χ2n) is 5.74. The van der Waals surface area contributed by atoms with E-state index in [1.54, 1.807) is 22.9 Å². The summed E-state index contributed by atoms with van der Waals surface area (Å²) in [7, 11) is -3.91. The van der Waals surface area contributed by atoms with E-state index in [0.717, 1.165) is 12.6 Å². The van der Waals surface area contributed by atoms with Crippen molar-refractivity contribution in [1.82, 2.24) is 9.29 Å². The molecule has 0 atom stereocenters. The van der Waals surface area contributed by atoms with E-state index in [1.165, 1.54) is 24.3 Å². The first-order chi connectivity index (χ1) is 12.9. The summed E-state index contributed by atoms with van der Waals surface area (Å²) in [5, 5.41) is 2.73. The van der Waals surface area contributed by atoms with E-state index in [4.69, 9.17) is 0 Å². The van der Waals surface area contributed by atoms with Crippen molar-refractivity contribution in [1.29, 1.82) is 0 Å². The number of amides is 2. The zero-order chi connectivity index (χ0) is 19.4. The van der Waals surface area contributed by atoms with Gasteiger partial charge in [-0.25, -0.2) is 13.1 Å². The number of benzene rings is 2. The maximum Gasteiger partial charge on any atom is 0.272 e. The van der Waals surface area contributed by atoms with Gasteiger partial charge in [-0.15, -0.1) is 0 Å². The molecule has 0 aliphatic heterocycles. The molecule has 0 spiro atoms. The van der Waals surface area contributed by atoms with Gasteiger partial charge in [-0.05, 0) is 48.5 Å². The molecule has 0 saturated heterocycles. The number of aromatic nitrogens is 1. The lowest BCUT2D eigenvalue weighted by Crippen LogP contribution is -2.28. The molecule has 0 unspecified atom stereocenters. The first-order valence-corrected chi connectivity index (χ1v) is 9.53. The highest BCUT2D eigenvalue weighted by atomic mass is 32.2. The molecule has 0 fully saturated rings. The minimum Gasteiger partial charge on any atom is -0.321 e. The molecule has 7 nitrogen and oxygen atoms in total. The van der Waals surface area contributed by atoms with E-state index < -0.39 is 15.9 Å². The van der Waals surface area contributed by atoms with Crippen molar-refractivity contribution >= 4 is 27.5 Å². The predicted octanol–water partition coefficient (Wildman–Crippen LogP) is 2.55. The molecule has 2 aromatic carbocycles. The fraction of sp³-hybridized carbons (Fsp3) is 0.0526. The molecule has 0 bridgehead atoms. The molecule has 3 aromatic rings. The number of hydrogen-bond donors (Lipinski definition) is 2. The first kappa shape index (κ1) is 18.4. The summed E-state index contributed by atoms with van der Waals surface area (Å²) in [4.78, 5) is 23.5. The van der Waals surface area contributed by atoms with Crippen LogP contribution in [-0.4, -0.2) is 24.8 Å². The molecule has 27 heavy (non-hydrogen) atoms. The van der Waals surface area contributed by atoms with Crippen LogP contribution in [0.3, 0.4) is 0 Å². The van der Waals surface area contributed by atoms with Gasteiger partial charge in [0.1, 0.15) is 5.69 Å². The standard InChI is InChI=1S/C19H17N3O4S/c1-14(23)21-27(25,26)17-11-9-15(10-12-17)20-19(24)18-8-5-13-22(18)16-6-3-2-4-7-16/h2-13H,1H3,(H,20,24)(H,21,23). The van der Waals surface area contributed by atoms with Crippen molar-refractivity contribution in [3.63, 3.8) is 0 Å². The van der Waals surface area contributed by atoms with Gasteiger partial charge in [0.05, 0.1) is 4.90 Å². The number of nitrogens with zero attached hydrogens (tertiary/aromatic N) is 1. The Labute approximate surface area is 156 Å². The van der Waals surface area contributed by atoms with Crippen LogP contribution in [0.1, 0.15) is 17.4 Å². The van der Waals surface area contributed by atoms with Crippen molar-refractivity contribution in [2.75, 3.05) is 5.32 Å².